The van der Waals surface area contributed by atoms with Crippen LogP contribution in [0.2, 0.25) is 0 Å². The molecule has 0 aliphatic carbocycles. The summed E-state index contributed by atoms with van der Waals surface area (Å²) in [6.45, 7) is 8.16. The highest BCUT2D eigenvalue weighted by Gasteiger charge is 2.36. The number of aromatic nitrogens is 1. The number of carboxylic acid groups (broad SMARTS) is 1. The number of hydrogen-bond donors (Lipinski definition) is 3. The van der Waals surface area contributed by atoms with Crippen molar-refractivity contribution in [2.24, 2.45) is 0 Å². The van der Waals surface area contributed by atoms with Crippen molar-refractivity contribution < 1.29 is 19.1 Å². The molecule has 2 amide bonds. The Balaban J connectivity index is 1.74. The average molecular weight is 465 g/mol. The van der Waals surface area contributed by atoms with Crippen LogP contribution in [-0.2, 0) is 6.54 Å². The fourth-order valence-electron chi connectivity index (χ4n) is 4.22. The molecule has 3 rings (SSSR count). The number of anilines is 1. The first-order valence-corrected chi connectivity index (χ1v) is 11.5. The number of H-pyrrole nitrogens is 1. The molecule has 10 heteroatoms. The predicted octanol–water partition coefficient (Wildman–Crippen LogP) is 3.21. The number of thiophene rings is 1. The Kier molecular flexibility index (Phi) is 7.22. The molecule has 2 aromatic heterocycles. The predicted molar refractivity (Wildman–Crippen MR) is 123 cm³/mol. The van der Waals surface area contributed by atoms with Crippen molar-refractivity contribution >= 4 is 28.3 Å². The van der Waals surface area contributed by atoms with E-state index in [0.29, 0.717) is 24.1 Å². The third-order valence-corrected chi connectivity index (χ3v) is 7.07. The van der Waals surface area contributed by atoms with Gasteiger partial charge in [0.2, 0.25) is 0 Å². The summed E-state index contributed by atoms with van der Waals surface area (Å²) in [5, 5.41) is 14.5. The molecule has 1 aliphatic rings. The van der Waals surface area contributed by atoms with Gasteiger partial charge in [0.15, 0.2) is 0 Å². The molecule has 174 valence electrons. The molecule has 0 radical (unpaired) electrons. The van der Waals surface area contributed by atoms with E-state index in [1.807, 2.05) is 31.7 Å². The number of rotatable bonds is 6. The first kappa shape index (κ1) is 23.8. The van der Waals surface area contributed by atoms with Gasteiger partial charge < -0.3 is 25.2 Å². The van der Waals surface area contributed by atoms with Crippen LogP contribution in [0.5, 0.6) is 0 Å². The first-order chi connectivity index (χ1) is 15.1. The number of alkyl halides is 1. The maximum atomic E-state index is 14.8. The lowest BCUT2D eigenvalue weighted by molar-refractivity contribution is 0.0944. The van der Waals surface area contributed by atoms with Crippen LogP contribution in [-0.4, -0.2) is 58.8 Å². The molecule has 3 heterocycles. The van der Waals surface area contributed by atoms with Gasteiger partial charge in [-0.1, -0.05) is 0 Å². The molecular weight excluding hydrogens is 435 g/mol. The smallest absolute Gasteiger partial charge is 0.407 e. The molecule has 1 aliphatic heterocycles. The second-order valence-electron chi connectivity index (χ2n) is 8.09. The van der Waals surface area contributed by atoms with Gasteiger partial charge in [-0.25, -0.2) is 9.18 Å². The number of aromatic amines is 1. The van der Waals surface area contributed by atoms with Gasteiger partial charge in [0.1, 0.15) is 6.17 Å². The van der Waals surface area contributed by atoms with E-state index in [9.17, 15) is 18.8 Å². The highest BCUT2D eigenvalue weighted by molar-refractivity contribution is 7.14. The molecule has 0 spiro atoms. The number of carbonyl (C=O) groups excluding carboxylic acids is 1. The molecule has 0 aromatic carbocycles. The van der Waals surface area contributed by atoms with Crippen molar-refractivity contribution in [2.45, 2.75) is 52.9 Å². The standard InChI is InChI=1S/C22H29FN4O4S/c1-5-27(18-6-7-26(22(30)31)10-17(18)23)21-14(4)16(11-32-21)19(28)24-9-15-12(2)8-13(3)25-20(15)29/h8,11,17-18H,5-7,9-10H2,1-4H3,(H,24,28)(H,25,29)(H,30,31). The lowest BCUT2D eigenvalue weighted by atomic mass is 10.0. The van der Waals surface area contributed by atoms with Crippen molar-refractivity contribution in [2.75, 3.05) is 24.5 Å². The Morgan fingerprint density at radius 1 is 1.38 bits per heavy atom. The van der Waals surface area contributed by atoms with E-state index in [4.69, 9.17) is 5.11 Å². The number of nitrogens with one attached hydrogen (secondary N) is 2. The number of likely N-dealkylation sites (tertiary alicyclic amines) is 1. The maximum absolute atomic E-state index is 14.8. The molecule has 0 saturated carbocycles. The molecular formula is C22H29FN4O4S. The molecule has 1 saturated heterocycles. The van der Waals surface area contributed by atoms with Crippen LogP contribution >= 0.6 is 11.3 Å². The molecule has 1 fully saturated rings. The summed E-state index contributed by atoms with van der Waals surface area (Å²) in [4.78, 5) is 41.9. The van der Waals surface area contributed by atoms with E-state index in [1.165, 1.54) is 11.3 Å². The Bertz CT molecular complexity index is 1070. The summed E-state index contributed by atoms with van der Waals surface area (Å²) in [5.74, 6) is -0.294. The van der Waals surface area contributed by atoms with Crippen LogP contribution in [0.25, 0.3) is 0 Å². The summed E-state index contributed by atoms with van der Waals surface area (Å²) < 4.78 is 14.8. The number of nitrogens with zero attached hydrogens (tertiary/aromatic N) is 2. The molecule has 8 nitrogen and oxygen atoms in total. The third-order valence-electron chi connectivity index (χ3n) is 5.96. The minimum Gasteiger partial charge on any atom is -0.465 e. The molecule has 2 atom stereocenters. The molecule has 0 bridgehead atoms. The van der Waals surface area contributed by atoms with Gasteiger partial charge in [-0.3, -0.25) is 9.59 Å². The third kappa shape index (κ3) is 4.79. The number of halogens is 1. The lowest BCUT2D eigenvalue weighted by Gasteiger charge is -2.40. The van der Waals surface area contributed by atoms with Crippen LogP contribution in [0.3, 0.4) is 0 Å². The van der Waals surface area contributed by atoms with Gasteiger partial charge in [0.05, 0.1) is 23.2 Å². The number of amides is 2. The van der Waals surface area contributed by atoms with E-state index in [2.05, 4.69) is 10.3 Å². The fraction of sp³-hybridized carbons (Fsp3) is 0.500. The normalized spacial score (nSPS) is 18.5. The largest absolute Gasteiger partial charge is 0.465 e. The van der Waals surface area contributed by atoms with Gasteiger partial charge in [0, 0.05) is 36.3 Å². The van der Waals surface area contributed by atoms with Crippen molar-refractivity contribution in [3.8, 4) is 0 Å². The van der Waals surface area contributed by atoms with E-state index >= 15 is 0 Å². The fourth-order valence-corrected chi connectivity index (χ4v) is 5.42. The van der Waals surface area contributed by atoms with Gasteiger partial charge in [-0.05, 0) is 51.3 Å². The second-order valence-corrected chi connectivity index (χ2v) is 8.95. The quantitative estimate of drug-likeness (QED) is 0.609. The van der Waals surface area contributed by atoms with Crippen LogP contribution in [0.15, 0.2) is 16.2 Å². The van der Waals surface area contributed by atoms with E-state index in [1.54, 1.807) is 12.3 Å². The Morgan fingerprint density at radius 3 is 2.69 bits per heavy atom. The highest BCUT2D eigenvalue weighted by atomic mass is 32.1. The summed E-state index contributed by atoms with van der Waals surface area (Å²) in [6.07, 6.45) is -2.03. The van der Waals surface area contributed by atoms with E-state index in [-0.39, 0.29) is 31.1 Å². The highest BCUT2D eigenvalue weighted by Crippen LogP contribution is 2.35. The van der Waals surface area contributed by atoms with Crippen LogP contribution in [0.1, 0.15) is 46.1 Å². The summed E-state index contributed by atoms with van der Waals surface area (Å²) in [6, 6.07) is 1.41. The zero-order valence-electron chi connectivity index (χ0n) is 18.7. The van der Waals surface area contributed by atoms with E-state index < -0.39 is 18.3 Å². The van der Waals surface area contributed by atoms with Crippen LogP contribution in [0.4, 0.5) is 14.2 Å². The summed E-state index contributed by atoms with van der Waals surface area (Å²) in [5.41, 5.74) is 3.11. The first-order valence-electron chi connectivity index (χ1n) is 10.6. The Hall–Kier alpha value is -2.88. The zero-order valence-corrected chi connectivity index (χ0v) is 19.5. The number of carbonyl (C=O) groups is 2. The summed E-state index contributed by atoms with van der Waals surface area (Å²) >= 11 is 1.37. The monoisotopic (exact) mass is 464 g/mol. The zero-order chi connectivity index (χ0) is 23.6. The summed E-state index contributed by atoms with van der Waals surface area (Å²) in [7, 11) is 0. The van der Waals surface area contributed by atoms with Gasteiger partial charge >= 0.3 is 6.09 Å². The topological polar surface area (TPSA) is 106 Å². The Labute approximate surface area is 190 Å². The number of pyridine rings is 1. The van der Waals surface area contributed by atoms with Crippen molar-refractivity contribution in [1.29, 1.82) is 0 Å². The van der Waals surface area contributed by atoms with Crippen LogP contribution < -0.4 is 15.8 Å². The van der Waals surface area contributed by atoms with Crippen LogP contribution in [0, 0.1) is 20.8 Å². The van der Waals surface area contributed by atoms with E-state index in [0.717, 1.165) is 26.7 Å². The molecule has 3 N–H and O–H groups in total. The Morgan fingerprint density at radius 2 is 2.09 bits per heavy atom. The van der Waals surface area contributed by atoms with Gasteiger partial charge in [-0.2, -0.15) is 0 Å². The average Bonchev–Trinajstić information content (AvgIpc) is 3.10. The maximum Gasteiger partial charge on any atom is 0.407 e. The number of hydrogen-bond acceptors (Lipinski definition) is 5. The SMILES string of the molecule is CCN(c1scc(C(=O)NCc2c(C)cc(C)[nH]c2=O)c1C)C1CCN(C(=O)O)CC1F. The number of piperidine rings is 1. The lowest BCUT2D eigenvalue weighted by Crippen LogP contribution is -2.53. The van der Waals surface area contributed by atoms with Crippen molar-refractivity contribution in [3.05, 3.63) is 49.7 Å². The number of aryl methyl sites for hydroxylation is 2. The molecule has 2 unspecified atom stereocenters. The van der Waals surface area contributed by atoms with Crippen molar-refractivity contribution in [3.63, 3.8) is 0 Å². The molecule has 32 heavy (non-hydrogen) atoms. The van der Waals surface area contributed by atoms with Gasteiger partial charge in [-0.15, -0.1) is 11.3 Å². The second kappa shape index (κ2) is 9.72. The minimum absolute atomic E-state index is 0.114. The minimum atomic E-state index is -1.31. The van der Waals surface area contributed by atoms with Gasteiger partial charge in [0.25, 0.3) is 11.5 Å². The van der Waals surface area contributed by atoms with Crippen molar-refractivity contribution in [1.82, 2.24) is 15.2 Å². The molecule has 2 aromatic rings.